The minimum Gasteiger partial charge on any atom is -0.461 e. The number of hydrogen-bond acceptors (Lipinski definition) is 7. The van der Waals surface area contributed by atoms with Gasteiger partial charge in [0.2, 0.25) is 0 Å². The van der Waals surface area contributed by atoms with E-state index in [1.54, 1.807) is 4.57 Å². The predicted molar refractivity (Wildman–Crippen MR) is 88.4 cm³/mol. The topological polar surface area (TPSA) is 95.1 Å². The molecule has 3 rings (SSSR count). The standard InChI is InChI=1S/C15H22N6O3/c1-19(2)8-9-24-14-16-11-12(17-18-14)21(10-6-4-5-7-10)15(23)20(3)13(11)22/h10H,4-9H2,1-3H3. The summed E-state index contributed by atoms with van der Waals surface area (Å²) in [5, 5.41) is 8.02. The van der Waals surface area contributed by atoms with E-state index in [9.17, 15) is 9.59 Å². The molecular weight excluding hydrogens is 312 g/mol. The molecule has 1 aliphatic rings. The molecule has 0 aliphatic heterocycles. The van der Waals surface area contributed by atoms with Gasteiger partial charge in [0.05, 0.1) is 0 Å². The number of aromatic nitrogens is 5. The maximum atomic E-state index is 12.5. The minimum atomic E-state index is -0.475. The molecule has 0 atom stereocenters. The molecule has 0 N–H and O–H groups in total. The third kappa shape index (κ3) is 3.03. The van der Waals surface area contributed by atoms with Gasteiger partial charge in [0.15, 0.2) is 11.2 Å². The number of likely N-dealkylation sites (N-methyl/N-ethyl adjacent to an activating group) is 1. The Kier molecular flexibility index (Phi) is 4.61. The van der Waals surface area contributed by atoms with E-state index >= 15 is 0 Å². The van der Waals surface area contributed by atoms with Gasteiger partial charge in [0, 0.05) is 19.6 Å². The average molecular weight is 334 g/mol. The van der Waals surface area contributed by atoms with E-state index in [2.05, 4.69) is 15.2 Å². The van der Waals surface area contributed by atoms with Crippen molar-refractivity contribution < 1.29 is 4.74 Å². The minimum absolute atomic E-state index is 0.0448. The summed E-state index contributed by atoms with van der Waals surface area (Å²) in [6.45, 7) is 1.09. The molecule has 0 unspecified atom stereocenters. The molecule has 0 bridgehead atoms. The molecule has 1 saturated carbocycles. The zero-order valence-electron chi connectivity index (χ0n) is 14.2. The summed E-state index contributed by atoms with van der Waals surface area (Å²) in [7, 11) is 5.32. The highest BCUT2D eigenvalue weighted by atomic mass is 16.5. The molecule has 2 aromatic rings. The van der Waals surface area contributed by atoms with Crippen molar-refractivity contribution in [3.63, 3.8) is 0 Å². The molecule has 0 aromatic carbocycles. The molecule has 24 heavy (non-hydrogen) atoms. The Balaban J connectivity index is 2.06. The summed E-state index contributed by atoms with van der Waals surface area (Å²) in [6, 6.07) is 0.0986. The zero-order valence-corrected chi connectivity index (χ0v) is 14.2. The van der Waals surface area contributed by atoms with Crippen LogP contribution in [0.4, 0.5) is 0 Å². The number of nitrogens with zero attached hydrogens (tertiary/aromatic N) is 6. The van der Waals surface area contributed by atoms with Gasteiger partial charge in [-0.1, -0.05) is 17.9 Å². The second-order valence-corrected chi connectivity index (χ2v) is 6.37. The average Bonchev–Trinajstić information content (AvgIpc) is 3.07. The Morgan fingerprint density at radius 3 is 2.58 bits per heavy atom. The van der Waals surface area contributed by atoms with Gasteiger partial charge in [-0.25, -0.2) is 4.79 Å². The lowest BCUT2D eigenvalue weighted by atomic mass is 10.2. The number of fused-ring (bicyclic) bond motifs is 1. The van der Waals surface area contributed by atoms with Crippen LogP contribution in [-0.4, -0.2) is 56.5 Å². The number of hydrogen-bond donors (Lipinski definition) is 0. The van der Waals surface area contributed by atoms with E-state index in [0.717, 1.165) is 30.3 Å². The van der Waals surface area contributed by atoms with Crippen molar-refractivity contribution in [2.75, 3.05) is 27.2 Å². The van der Waals surface area contributed by atoms with Crippen molar-refractivity contribution in [2.45, 2.75) is 31.7 Å². The fraction of sp³-hybridized carbons (Fsp3) is 0.667. The van der Waals surface area contributed by atoms with Crippen molar-refractivity contribution in [1.29, 1.82) is 0 Å². The highest BCUT2D eigenvalue weighted by Crippen LogP contribution is 2.29. The molecule has 2 aromatic heterocycles. The first kappa shape index (κ1) is 16.6. The third-order valence-electron chi connectivity index (χ3n) is 4.34. The SMILES string of the molecule is CN(C)CCOc1nnc2c(n1)c(=O)n(C)c(=O)n2C1CCCC1. The van der Waals surface area contributed by atoms with Crippen molar-refractivity contribution in [2.24, 2.45) is 7.05 Å². The summed E-state index contributed by atoms with van der Waals surface area (Å²) in [4.78, 5) is 31.1. The van der Waals surface area contributed by atoms with Gasteiger partial charge in [-0.15, -0.1) is 5.10 Å². The molecule has 9 heteroatoms. The lowest BCUT2D eigenvalue weighted by Crippen LogP contribution is -2.40. The van der Waals surface area contributed by atoms with Crippen LogP contribution >= 0.6 is 0 Å². The van der Waals surface area contributed by atoms with E-state index in [1.807, 2.05) is 19.0 Å². The van der Waals surface area contributed by atoms with Crippen LogP contribution in [0.25, 0.3) is 11.2 Å². The van der Waals surface area contributed by atoms with Crippen LogP contribution in [0.1, 0.15) is 31.7 Å². The van der Waals surface area contributed by atoms with Crippen molar-refractivity contribution in [3.05, 3.63) is 20.8 Å². The molecule has 1 fully saturated rings. The van der Waals surface area contributed by atoms with E-state index in [0.29, 0.717) is 13.2 Å². The lowest BCUT2D eigenvalue weighted by molar-refractivity contribution is 0.243. The summed E-state index contributed by atoms with van der Waals surface area (Å²) in [5.41, 5.74) is -0.470. The summed E-state index contributed by atoms with van der Waals surface area (Å²) in [5.74, 6) is 0. The van der Waals surface area contributed by atoms with Crippen LogP contribution < -0.4 is 16.0 Å². The van der Waals surface area contributed by atoms with Gasteiger partial charge >= 0.3 is 11.7 Å². The quantitative estimate of drug-likeness (QED) is 0.756. The molecule has 0 radical (unpaired) electrons. The first-order valence-corrected chi connectivity index (χ1v) is 8.12. The monoisotopic (exact) mass is 334 g/mol. The molecule has 9 nitrogen and oxygen atoms in total. The largest absolute Gasteiger partial charge is 0.461 e. The fourth-order valence-corrected chi connectivity index (χ4v) is 2.98. The van der Waals surface area contributed by atoms with Crippen molar-refractivity contribution in [1.82, 2.24) is 29.2 Å². The first-order valence-electron chi connectivity index (χ1n) is 8.12. The maximum Gasteiger partial charge on any atom is 0.336 e. The Morgan fingerprint density at radius 1 is 1.21 bits per heavy atom. The van der Waals surface area contributed by atoms with E-state index in [-0.39, 0.29) is 28.9 Å². The molecular formula is C15H22N6O3. The molecule has 1 aliphatic carbocycles. The van der Waals surface area contributed by atoms with Crippen LogP contribution in [-0.2, 0) is 7.05 Å². The predicted octanol–water partition coefficient (Wildman–Crippen LogP) is -0.0593. The first-order chi connectivity index (χ1) is 11.5. The molecule has 2 heterocycles. The summed E-state index contributed by atoms with van der Waals surface area (Å²) < 4.78 is 8.10. The lowest BCUT2D eigenvalue weighted by Gasteiger charge is -2.16. The van der Waals surface area contributed by atoms with Gasteiger partial charge < -0.3 is 9.64 Å². The molecule has 0 saturated heterocycles. The Hall–Kier alpha value is -2.29. The van der Waals surface area contributed by atoms with Gasteiger partial charge in [-0.05, 0) is 26.9 Å². The highest BCUT2D eigenvalue weighted by Gasteiger charge is 2.24. The fourth-order valence-electron chi connectivity index (χ4n) is 2.98. The third-order valence-corrected chi connectivity index (χ3v) is 4.34. The van der Waals surface area contributed by atoms with E-state index < -0.39 is 5.56 Å². The molecule has 130 valence electrons. The Bertz CT molecular complexity index is 851. The second kappa shape index (κ2) is 6.68. The smallest absolute Gasteiger partial charge is 0.336 e. The molecule has 0 amide bonds. The van der Waals surface area contributed by atoms with Crippen LogP contribution in [0, 0.1) is 0 Å². The summed E-state index contributed by atoms with van der Waals surface area (Å²) in [6.07, 6.45) is 3.92. The maximum absolute atomic E-state index is 12.5. The Labute approximate surface area is 138 Å². The number of ether oxygens (including phenoxy) is 1. The van der Waals surface area contributed by atoms with Gasteiger partial charge in [0.25, 0.3) is 5.56 Å². The second-order valence-electron chi connectivity index (χ2n) is 6.37. The van der Waals surface area contributed by atoms with Crippen LogP contribution in [0.15, 0.2) is 9.59 Å². The van der Waals surface area contributed by atoms with Gasteiger partial charge in [-0.3, -0.25) is 13.9 Å². The summed E-state index contributed by atoms with van der Waals surface area (Å²) >= 11 is 0. The highest BCUT2D eigenvalue weighted by molar-refractivity contribution is 5.68. The Morgan fingerprint density at radius 2 is 1.92 bits per heavy atom. The van der Waals surface area contributed by atoms with Crippen molar-refractivity contribution >= 4 is 11.2 Å². The number of rotatable bonds is 5. The zero-order chi connectivity index (χ0) is 17.3. The van der Waals surface area contributed by atoms with E-state index in [1.165, 1.54) is 7.05 Å². The van der Waals surface area contributed by atoms with Crippen molar-refractivity contribution in [3.8, 4) is 6.01 Å². The van der Waals surface area contributed by atoms with Crippen LogP contribution in [0.2, 0.25) is 0 Å². The normalized spacial score (nSPS) is 15.5. The van der Waals surface area contributed by atoms with Crippen LogP contribution in [0.5, 0.6) is 6.01 Å². The van der Waals surface area contributed by atoms with Gasteiger partial charge in [0.1, 0.15) is 6.61 Å². The van der Waals surface area contributed by atoms with Gasteiger partial charge in [-0.2, -0.15) is 4.98 Å². The van der Waals surface area contributed by atoms with E-state index in [4.69, 9.17) is 4.74 Å². The van der Waals surface area contributed by atoms with Crippen LogP contribution in [0.3, 0.4) is 0 Å². The molecule has 0 spiro atoms.